The molecule has 1 amide bonds. The fourth-order valence-corrected chi connectivity index (χ4v) is 2.08. The maximum Gasteiger partial charge on any atom is 0.293 e. The number of amides is 1. The van der Waals surface area contributed by atoms with Gasteiger partial charge in [-0.3, -0.25) is 14.9 Å². The minimum absolute atomic E-state index is 0.0881. The summed E-state index contributed by atoms with van der Waals surface area (Å²) in [4.78, 5) is 24.3. The Kier molecular flexibility index (Phi) is 6.61. The zero-order valence-electron chi connectivity index (χ0n) is 12.3. The summed E-state index contributed by atoms with van der Waals surface area (Å²) in [6.45, 7) is 5.03. The number of nitro groups is 1. The van der Waals surface area contributed by atoms with Crippen LogP contribution in [0.1, 0.15) is 30.6 Å². The van der Waals surface area contributed by atoms with Crippen molar-refractivity contribution < 1.29 is 14.8 Å². The summed E-state index contributed by atoms with van der Waals surface area (Å²) in [6.07, 6.45) is 0.801. The Morgan fingerprint density at radius 1 is 1.38 bits per heavy atom. The molecule has 0 bridgehead atoms. The number of carbonyl (C=O) groups excluding carboxylic acids is 1. The van der Waals surface area contributed by atoms with Gasteiger partial charge in [-0.1, -0.05) is 6.92 Å². The molecule has 1 aromatic rings. The van der Waals surface area contributed by atoms with Gasteiger partial charge in [-0.15, -0.1) is 0 Å². The third-order valence-electron chi connectivity index (χ3n) is 2.98. The summed E-state index contributed by atoms with van der Waals surface area (Å²) in [5.41, 5.74) is 0.553. The predicted octanol–water partition coefficient (Wildman–Crippen LogP) is 1.55. The van der Waals surface area contributed by atoms with Gasteiger partial charge in [-0.25, -0.2) is 0 Å². The first-order chi connectivity index (χ1) is 10.0. The van der Waals surface area contributed by atoms with Gasteiger partial charge >= 0.3 is 0 Å². The van der Waals surface area contributed by atoms with Crippen molar-refractivity contribution in [2.24, 2.45) is 0 Å². The largest absolute Gasteiger partial charge is 0.395 e. The summed E-state index contributed by atoms with van der Waals surface area (Å²) >= 11 is 0. The van der Waals surface area contributed by atoms with E-state index in [0.29, 0.717) is 25.3 Å². The molecule has 7 heteroatoms. The van der Waals surface area contributed by atoms with Crippen molar-refractivity contribution in [1.29, 1.82) is 0 Å². The van der Waals surface area contributed by atoms with Crippen molar-refractivity contribution in [2.45, 2.75) is 20.3 Å². The van der Waals surface area contributed by atoms with Crippen molar-refractivity contribution in [2.75, 3.05) is 31.1 Å². The van der Waals surface area contributed by atoms with E-state index in [1.807, 2.05) is 6.92 Å². The lowest BCUT2D eigenvalue weighted by Crippen LogP contribution is -2.28. The fraction of sp³-hybridized carbons (Fsp3) is 0.500. The Balaban J connectivity index is 3.20. The van der Waals surface area contributed by atoms with Crippen LogP contribution in [0.3, 0.4) is 0 Å². The maximum atomic E-state index is 11.8. The summed E-state index contributed by atoms with van der Waals surface area (Å²) in [7, 11) is 0. The third-order valence-corrected chi connectivity index (χ3v) is 2.98. The van der Waals surface area contributed by atoms with Crippen LogP contribution < -0.4 is 10.2 Å². The Labute approximate surface area is 123 Å². The maximum absolute atomic E-state index is 11.8. The minimum atomic E-state index is -0.502. The number of nitro benzene ring substituents is 1. The van der Waals surface area contributed by atoms with Gasteiger partial charge in [-0.05, 0) is 25.5 Å². The molecule has 0 aliphatic heterocycles. The molecule has 7 nitrogen and oxygen atoms in total. The normalized spacial score (nSPS) is 10.2. The van der Waals surface area contributed by atoms with Crippen LogP contribution in [0.5, 0.6) is 0 Å². The highest BCUT2D eigenvalue weighted by atomic mass is 16.6. The number of aliphatic hydroxyl groups excluding tert-OH is 1. The number of nitrogens with one attached hydrogen (secondary N) is 1. The van der Waals surface area contributed by atoms with Gasteiger partial charge in [0.15, 0.2) is 0 Å². The second-order valence-electron chi connectivity index (χ2n) is 4.53. The number of nitrogens with zero attached hydrogens (tertiary/aromatic N) is 2. The lowest BCUT2D eigenvalue weighted by Gasteiger charge is -2.23. The Morgan fingerprint density at radius 3 is 2.62 bits per heavy atom. The quantitative estimate of drug-likeness (QED) is 0.560. The molecule has 1 aromatic carbocycles. The molecule has 2 N–H and O–H groups in total. The highest BCUT2D eigenvalue weighted by Gasteiger charge is 2.21. The van der Waals surface area contributed by atoms with E-state index >= 15 is 0 Å². The molecule has 0 saturated carbocycles. The van der Waals surface area contributed by atoms with Crippen molar-refractivity contribution in [3.8, 4) is 0 Å². The second kappa shape index (κ2) is 8.21. The standard InChI is InChI=1S/C14H21N3O4/c1-3-7-16(8-9-18)12-6-5-11(14(19)15-4-2)10-13(12)17(20)21/h5-6,10,18H,3-4,7-9H2,1-2H3,(H,15,19). The summed E-state index contributed by atoms with van der Waals surface area (Å²) in [5.74, 6) is -0.337. The molecule has 0 aliphatic carbocycles. The molecule has 116 valence electrons. The van der Waals surface area contributed by atoms with Crippen molar-refractivity contribution in [1.82, 2.24) is 5.32 Å². The van der Waals surface area contributed by atoms with Gasteiger partial charge < -0.3 is 15.3 Å². The van der Waals surface area contributed by atoms with Gasteiger partial charge in [0.25, 0.3) is 11.6 Å². The monoisotopic (exact) mass is 295 g/mol. The number of hydrogen-bond acceptors (Lipinski definition) is 5. The number of aliphatic hydroxyl groups is 1. The number of anilines is 1. The molecule has 0 spiro atoms. The van der Waals surface area contributed by atoms with Crippen LogP contribution in [0, 0.1) is 10.1 Å². The number of benzene rings is 1. The van der Waals surface area contributed by atoms with Gasteiger partial charge in [0.2, 0.25) is 0 Å². The zero-order valence-corrected chi connectivity index (χ0v) is 12.3. The van der Waals surface area contributed by atoms with E-state index in [1.165, 1.54) is 6.07 Å². The van der Waals surface area contributed by atoms with E-state index in [2.05, 4.69) is 5.32 Å². The molecule has 0 radical (unpaired) electrons. The van der Waals surface area contributed by atoms with Crippen LogP contribution in [-0.2, 0) is 0 Å². The Morgan fingerprint density at radius 2 is 2.10 bits per heavy atom. The van der Waals surface area contributed by atoms with Gasteiger partial charge in [0.05, 0.1) is 11.5 Å². The molecule has 0 fully saturated rings. The third kappa shape index (κ3) is 4.42. The van der Waals surface area contributed by atoms with Gasteiger partial charge in [-0.2, -0.15) is 0 Å². The molecule has 0 aliphatic rings. The summed E-state index contributed by atoms with van der Waals surface area (Å²) < 4.78 is 0. The van der Waals surface area contributed by atoms with Crippen LogP contribution in [0.25, 0.3) is 0 Å². The Hall–Kier alpha value is -2.15. The van der Waals surface area contributed by atoms with Crippen molar-refractivity contribution in [3.63, 3.8) is 0 Å². The predicted molar refractivity (Wildman–Crippen MR) is 80.7 cm³/mol. The van der Waals surface area contributed by atoms with Gasteiger partial charge in [0.1, 0.15) is 5.69 Å². The van der Waals surface area contributed by atoms with Crippen LogP contribution >= 0.6 is 0 Å². The SMILES string of the molecule is CCCN(CCO)c1ccc(C(=O)NCC)cc1[N+](=O)[O-]. The van der Waals surface area contributed by atoms with E-state index < -0.39 is 4.92 Å². The van der Waals surface area contributed by atoms with E-state index in [1.54, 1.807) is 24.0 Å². The van der Waals surface area contributed by atoms with E-state index in [4.69, 9.17) is 5.11 Å². The summed E-state index contributed by atoms with van der Waals surface area (Å²) in [5, 5.41) is 23.0. The van der Waals surface area contributed by atoms with Crippen LogP contribution in [0.4, 0.5) is 11.4 Å². The molecular formula is C14H21N3O4. The van der Waals surface area contributed by atoms with E-state index in [0.717, 1.165) is 6.42 Å². The van der Waals surface area contributed by atoms with Gasteiger partial charge in [0, 0.05) is 31.3 Å². The van der Waals surface area contributed by atoms with Crippen molar-refractivity contribution in [3.05, 3.63) is 33.9 Å². The topological polar surface area (TPSA) is 95.7 Å². The first-order valence-electron chi connectivity index (χ1n) is 6.97. The van der Waals surface area contributed by atoms with E-state index in [9.17, 15) is 14.9 Å². The lowest BCUT2D eigenvalue weighted by molar-refractivity contribution is -0.384. The zero-order chi connectivity index (χ0) is 15.8. The van der Waals surface area contributed by atoms with Crippen LogP contribution in [-0.4, -0.2) is 42.2 Å². The molecule has 0 saturated heterocycles. The molecule has 0 aromatic heterocycles. The highest BCUT2D eigenvalue weighted by molar-refractivity contribution is 5.95. The first-order valence-corrected chi connectivity index (χ1v) is 6.97. The fourth-order valence-electron chi connectivity index (χ4n) is 2.08. The second-order valence-corrected chi connectivity index (χ2v) is 4.53. The van der Waals surface area contributed by atoms with Crippen molar-refractivity contribution >= 4 is 17.3 Å². The first kappa shape index (κ1) is 16.9. The molecule has 0 atom stereocenters. The molecular weight excluding hydrogens is 274 g/mol. The molecule has 0 heterocycles. The molecule has 1 rings (SSSR count). The number of hydrogen-bond donors (Lipinski definition) is 2. The number of rotatable bonds is 8. The van der Waals surface area contributed by atoms with Crippen LogP contribution in [0.2, 0.25) is 0 Å². The number of carbonyl (C=O) groups is 1. The Bertz CT molecular complexity index is 499. The average molecular weight is 295 g/mol. The summed E-state index contributed by atoms with van der Waals surface area (Å²) in [6, 6.07) is 4.40. The van der Waals surface area contributed by atoms with E-state index in [-0.39, 0.29) is 23.8 Å². The smallest absolute Gasteiger partial charge is 0.293 e. The highest BCUT2D eigenvalue weighted by Crippen LogP contribution is 2.29. The lowest BCUT2D eigenvalue weighted by atomic mass is 10.1. The van der Waals surface area contributed by atoms with Crippen LogP contribution in [0.15, 0.2) is 18.2 Å². The molecule has 21 heavy (non-hydrogen) atoms. The average Bonchev–Trinajstić information content (AvgIpc) is 2.46. The molecule has 0 unspecified atom stereocenters. The minimum Gasteiger partial charge on any atom is -0.395 e.